The quantitative estimate of drug-likeness (QED) is 0.00592. The molecule has 0 aliphatic carbocycles. The van der Waals surface area contributed by atoms with Gasteiger partial charge < -0.3 is 42.5 Å². The van der Waals surface area contributed by atoms with E-state index in [1.165, 1.54) is 20.0 Å². The van der Waals surface area contributed by atoms with Gasteiger partial charge in [0.05, 0.1) is 23.4 Å². The Labute approximate surface area is 576 Å². The molecule has 2 heterocycles. The summed E-state index contributed by atoms with van der Waals surface area (Å²) in [5.41, 5.74) is 2.57. The van der Waals surface area contributed by atoms with Crippen LogP contribution in [0.4, 0.5) is 19.3 Å². The van der Waals surface area contributed by atoms with Gasteiger partial charge in [-0.25, -0.2) is 26.3 Å². The number of hydrogen-bond donors (Lipinski definition) is 8. The van der Waals surface area contributed by atoms with Gasteiger partial charge in [0.2, 0.25) is 33.7 Å². The molecule has 22 nitrogen and oxygen atoms in total. The van der Waals surface area contributed by atoms with E-state index < -0.39 is 72.9 Å². The van der Waals surface area contributed by atoms with Crippen LogP contribution in [-0.2, 0) is 53.5 Å². The van der Waals surface area contributed by atoms with E-state index in [-0.39, 0.29) is 66.2 Å². The van der Waals surface area contributed by atoms with Crippen molar-refractivity contribution in [1.82, 2.24) is 46.8 Å². The van der Waals surface area contributed by atoms with E-state index in [1.807, 2.05) is 23.9 Å². The van der Waals surface area contributed by atoms with Crippen molar-refractivity contribution in [2.45, 2.75) is 183 Å². The third kappa shape index (κ3) is 25.1. The molecular formula is C72H92F2N10O12S2. The second-order valence-corrected chi connectivity index (χ2v) is 28.4. The van der Waals surface area contributed by atoms with Gasteiger partial charge >= 0.3 is 6.03 Å². The third-order valence-electron chi connectivity index (χ3n) is 17.4. The van der Waals surface area contributed by atoms with Crippen LogP contribution in [0.15, 0.2) is 120 Å². The smallest absolute Gasteiger partial charge is 0.315 e. The van der Waals surface area contributed by atoms with Gasteiger partial charge in [0.25, 0.3) is 11.6 Å². The molecule has 0 spiro atoms. The number of Topliss-reactive ketones (excluding diaryl/α,β-unsaturated/α-hetero) is 1. The van der Waals surface area contributed by atoms with Crippen molar-refractivity contribution >= 4 is 74.6 Å². The summed E-state index contributed by atoms with van der Waals surface area (Å²) in [4.78, 5) is 113. The van der Waals surface area contributed by atoms with E-state index in [0.717, 1.165) is 129 Å². The summed E-state index contributed by atoms with van der Waals surface area (Å²) in [7, 11) is -2.86. The Morgan fingerprint density at radius 3 is 1.88 bits per heavy atom. The molecule has 7 amide bonds. The predicted octanol–water partition coefficient (Wildman–Crippen LogP) is 9.73. The van der Waals surface area contributed by atoms with E-state index >= 15 is 0 Å². The number of urea groups is 1. The van der Waals surface area contributed by atoms with Crippen molar-refractivity contribution in [3.05, 3.63) is 176 Å². The molecule has 8 N–H and O–H groups in total. The summed E-state index contributed by atoms with van der Waals surface area (Å²) in [6, 6.07) is 26.8. The molecule has 0 unspecified atom stereocenters. The van der Waals surface area contributed by atoms with E-state index in [1.54, 1.807) is 66.7 Å². The van der Waals surface area contributed by atoms with Crippen molar-refractivity contribution in [2.75, 3.05) is 39.0 Å². The van der Waals surface area contributed by atoms with Gasteiger partial charge in [-0.3, -0.25) is 43.7 Å². The molecule has 2 fully saturated rings. The van der Waals surface area contributed by atoms with E-state index in [0.29, 0.717) is 92.6 Å². The number of nitrogens with one attached hydrogen (secondary N) is 8. The van der Waals surface area contributed by atoms with E-state index in [2.05, 4.69) is 42.5 Å². The maximum Gasteiger partial charge on any atom is 0.315 e. The van der Waals surface area contributed by atoms with Crippen LogP contribution in [0.5, 0.6) is 0 Å². The number of carbonyl (C=O) groups is 8. The van der Waals surface area contributed by atoms with Crippen molar-refractivity contribution in [3.63, 3.8) is 0 Å². The summed E-state index contributed by atoms with van der Waals surface area (Å²) < 4.78 is 55.5. The lowest BCUT2D eigenvalue weighted by Gasteiger charge is -2.22. The van der Waals surface area contributed by atoms with Crippen LogP contribution in [-0.4, -0.2) is 127 Å². The topological polar surface area (TPSA) is 313 Å². The van der Waals surface area contributed by atoms with Gasteiger partial charge in [0.15, 0.2) is 10.7 Å². The molecule has 7 rings (SSSR count). The first-order chi connectivity index (χ1) is 47.1. The molecule has 5 aromatic carbocycles. The van der Waals surface area contributed by atoms with Crippen LogP contribution in [0, 0.1) is 21.7 Å². The van der Waals surface area contributed by atoms with Gasteiger partial charge in [-0.1, -0.05) is 130 Å². The van der Waals surface area contributed by atoms with Crippen LogP contribution < -0.4 is 42.5 Å². The monoisotopic (exact) mass is 1390 g/mol. The number of halogens is 2. The van der Waals surface area contributed by atoms with Crippen molar-refractivity contribution in [3.8, 4) is 0 Å². The Morgan fingerprint density at radius 2 is 1.20 bits per heavy atom. The molecule has 0 saturated carbocycles. The van der Waals surface area contributed by atoms with Gasteiger partial charge in [-0.15, -0.1) is 0 Å². The van der Waals surface area contributed by atoms with Crippen LogP contribution in [0.25, 0.3) is 0 Å². The zero-order valence-corrected chi connectivity index (χ0v) is 57.4. The maximum absolute atomic E-state index is 13.7. The van der Waals surface area contributed by atoms with E-state index in [9.17, 15) is 65.7 Å². The Balaban J connectivity index is 0.665. The first kappa shape index (κ1) is 76.9. The summed E-state index contributed by atoms with van der Waals surface area (Å²) in [6.07, 6.45) is 14.2. The molecule has 2 aliphatic heterocycles. The minimum Gasteiger partial charge on any atom is -0.356 e. The molecular weight excluding hydrogens is 1300 g/mol. The molecule has 0 bridgehead atoms. The highest BCUT2D eigenvalue weighted by molar-refractivity contribution is 8.00. The average molecular weight is 1390 g/mol. The lowest BCUT2D eigenvalue weighted by Crippen LogP contribution is -2.49. The number of nitro groups is 1. The average Bonchev–Trinajstić information content (AvgIpc) is 1.07. The summed E-state index contributed by atoms with van der Waals surface area (Å²) in [5, 5.41) is 35.5. The van der Waals surface area contributed by atoms with Gasteiger partial charge in [0, 0.05) is 98.9 Å². The summed E-state index contributed by atoms with van der Waals surface area (Å²) >= 11 is 1.86. The molecule has 2 aliphatic rings. The summed E-state index contributed by atoms with van der Waals surface area (Å²) in [5.74, 6) is -3.07. The standard InChI is InChI=1S/C72H92F2N10O12S2/c1-49(79-71(91)66(53-21-11-9-12-22-53)81-65(87)43-52-41-57(73)45-58(74)42-52)69(89)78-47-51-29-33-55(34-30-51)68(88)54-31-27-50(28-32-54)46-75-37-17-6-3-5-14-26-64(86)76-38-18-7-4-8-20-40-83(2)98(95,96)63-36-35-56(44-61(63)84(93)94)70(90)77-39-19-10-13-23-59(85)24-15-16-25-62-67-60(48-97-62)80-72(92)82-67/h9,11-12,21-22,27-36,41-42,44-45,49,60,62,66-67,75H,3-8,10,13-20,23-26,37-40,43,46-48H2,1-2H3,(H,76,86)(H,77,90)(H,78,89)(H,79,91)(H,81,87)(H2,80,82,92)/t49-,60-,62-,66-,67-/m0/s1. The van der Waals surface area contributed by atoms with Gasteiger partial charge in [0.1, 0.15) is 29.5 Å². The fourth-order valence-corrected chi connectivity index (χ4v) is 14.6. The minimum absolute atomic E-state index is 0.0148. The normalized spacial score (nSPS) is 15.5. The second kappa shape index (κ2) is 39.8. The predicted molar refractivity (Wildman–Crippen MR) is 371 cm³/mol. The lowest BCUT2D eigenvalue weighted by molar-refractivity contribution is -0.387. The first-order valence-corrected chi connectivity index (χ1v) is 36.4. The number of nitrogens with zero attached hydrogens (tertiary/aromatic N) is 2. The van der Waals surface area contributed by atoms with Crippen molar-refractivity contribution in [1.29, 1.82) is 0 Å². The second-order valence-electron chi connectivity index (χ2n) is 25.1. The fourth-order valence-electron chi connectivity index (χ4n) is 11.8. The number of hydrogen-bond acceptors (Lipinski definition) is 14. The molecule has 98 heavy (non-hydrogen) atoms. The van der Waals surface area contributed by atoms with Crippen molar-refractivity contribution in [2.24, 2.45) is 0 Å². The highest BCUT2D eigenvalue weighted by atomic mass is 32.2. The molecule has 528 valence electrons. The fraction of sp³-hybridized carbons (Fsp3) is 0.472. The largest absolute Gasteiger partial charge is 0.356 e. The zero-order valence-electron chi connectivity index (χ0n) is 55.8. The number of fused-ring (bicyclic) bond motifs is 1. The van der Waals surface area contributed by atoms with E-state index in [4.69, 9.17) is 0 Å². The third-order valence-corrected chi connectivity index (χ3v) is 20.8. The Bertz CT molecular complexity index is 3610. The number of ketones is 2. The number of benzene rings is 5. The molecule has 2 saturated heterocycles. The van der Waals surface area contributed by atoms with Crippen molar-refractivity contribution < 1.29 is 60.5 Å². The lowest BCUT2D eigenvalue weighted by atomic mass is 10.0. The number of carbonyl (C=O) groups excluding carboxylic acids is 8. The number of rotatable bonds is 44. The molecule has 26 heteroatoms. The summed E-state index contributed by atoms with van der Waals surface area (Å²) in [6.45, 7) is 4.07. The first-order valence-electron chi connectivity index (χ1n) is 34.0. The number of unbranched alkanes of at least 4 members (excludes halogenated alkanes) is 11. The molecule has 5 atom stereocenters. The zero-order chi connectivity index (χ0) is 70.4. The van der Waals surface area contributed by atoms with Crippen LogP contribution >= 0.6 is 11.8 Å². The number of amides is 7. The molecule has 5 aromatic rings. The number of sulfonamides is 1. The van der Waals surface area contributed by atoms with Crippen LogP contribution in [0.2, 0.25) is 0 Å². The minimum atomic E-state index is -4.24. The highest BCUT2D eigenvalue weighted by Crippen LogP contribution is 2.34. The van der Waals surface area contributed by atoms with Crippen LogP contribution in [0.1, 0.15) is 183 Å². The number of thioether (sulfide) groups is 1. The Hall–Kier alpha value is -8.46. The highest BCUT2D eigenvalue weighted by Gasteiger charge is 2.42. The maximum atomic E-state index is 13.7. The SMILES string of the molecule is C[C@H](NC(=O)[C@@H](NC(=O)Cc1cc(F)cc(F)c1)c1ccccc1)C(=O)NCc1ccc(C(=O)c2ccc(CNCCCCCCCC(=O)NCCCCCCCN(C)S(=O)(=O)c3ccc(C(=O)NCCCCCC(=O)CCCC[C@@H]4SC[C@@H]5NC(=O)N[C@@H]54)cc3[N+](=O)[O-])cc2)cc1. The van der Waals surface area contributed by atoms with Crippen LogP contribution in [0.3, 0.4) is 0 Å². The Kier molecular flexibility index (Phi) is 31.2. The van der Waals surface area contributed by atoms with Gasteiger partial charge in [-0.05, 0) is 111 Å². The Morgan fingerprint density at radius 1 is 0.622 bits per heavy atom. The molecule has 0 radical (unpaired) electrons. The molecule has 0 aromatic heterocycles. The number of nitro benzene ring substituents is 1. The van der Waals surface area contributed by atoms with Gasteiger partial charge in [-0.2, -0.15) is 11.8 Å².